The Morgan fingerprint density at radius 2 is 2.13 bits per heavy atom. The number of amides is 1. The average molecular weight is 336 g/mol. The van der Waals surface area contributed by atoms with Gasteiger partial charge in [-0.2, -0.15) is 0 Å². The number of thiophene rings is 1. The van der Waals surface area contributed by atoms with Crippen LogP contribution in [-0.4, -0.2) is 37.5 Å². The molecule has 0 atom stereocenters. The monoisotopic (exact) mass is 336 g/mol. The lowest BCUT2D eigenvalue weighted by atomic mass is 10.2. The molecule has 1 aromatic carbocycles. The standard InChI is InChI=1S/C16H17FN2O3S/c1-19(9-11-4-3-5-12(17)8-11)10-14(20)18-13-6-7-23-15(13)16(21)22-2/h3-8H,9-10H2,1-2H3,(H,18,20). The van der Waals surface area contributed by atoms with Crippen molar-refractivity contribution in [3.05, 3.63) is 52.0 Å². The fraction of sp³-hybridized carbons (Fsp3) is 0.250. The molecular weight excluding hydrogens is 319 g/mol. The molecule has 0 bridgehead atoms. The summed E-state index contributed by atoms with van der Waals surface area (Å²) in [5.41, 5.74) is 1.22. The average Bonchev–Trinajstić information content (AvgIpc) is 2.94. The summed E-state index contributed by atoms with van der Waals surface area (Å²) < 4.78 is 17.8. The lowest BCUT2D eigenvalue weighted by molar-refractivity contribution is -0.117. The number of halogens is 1. The van der Waals surface area contributed by atoms with E-state index in [1.807, 2.05) is 0 Å². The molecule has 0 radical (unpaired) electrons. The van der Waals surface area contributed by atoms with Gasteiger partial charge in [0.05, 0.1) is 19.3 Å². The third-order valence-electron chi connectivity index (χ3n) is 3.07. The fourth-order valence-corrected chi connectivity index (χ4v) is 2.86. The molecule has 0 saturated heterocycles. The first-order valence-corrected chi connectivity index (χ1v) is 7.76. The first-order chi connectivity index (χ1) is 11.0. The van der Waals surface area contributed by atoms with Crippen molar-refractivity contribution in [1.82, 2.24) is 4.90 Å². The van der Waals surface area contributed by atoms with Gasteiger partial charge in [-0.1, -0.05) is 12.1 Å². The molecule has 0 unspecified atom stereocenters. The lowest BCUT2D eigenvalue weighted by Gasteiger charge is -2.16. The first-order valence-electron chi connectivity index (χ1n) is 6.88. The number of hydrogen-bond acceptors (Lipinski definition) is 5. The molecule has 23 heavy (non-hydrogen) atoms. The van der Waals surface area contributed by atoms with Gasteiger partial charge in [0, 0.05) is 6.54 Å². The van der Waals surface area contributed by atoms with E-state index < -0.39 is 5.97 Å². The van der Waals surface area contributed by atoms with Gasteiger partial charge in [-0.25, -0.2) is 9.18 Å². The number of benzene rings is 1. The minimum Gasteiger partial charge on any atom is -0.465 e. The van der Waals surface area contributed by atoms with Crippen molar-refractivity contribution >= 4 is 28.9 Å². The lowest BCUT2D eigenvalue weighted by Crippen LogP contribution is -2.30. The number of methoxy groups -OCH3 is 1. The molecule has 0 spiro atoms. The molecule has 7 heteroatoms. The highest BCUT2D eigenvalue weighted by atomic mass is 32.1. The van der Waals surface area contributed by atoms with Crippen LogP contribution in [0, 0.1) is 5.82 Å². The van der Waals surface area contributed by atoms with Crippen LogP contribution in [-0.2, 0) is 16.1 Å². The number of esters is 1. The third kappa shape index (κ3) is 4.87. The Hall–Kier alpha value is -2.25. The minimum absolute atomic E-state index is 0.118. The van der Waals surface area contributed by atoms with E-state index in [9.17, 15) is 14.0 Å². The Morgan fingerprint density at radius 3 is 2.83 bits per heavy atom. The maximum atomic E-state index is 13.1. The molecule has 2 aromatic rings. The summed E-state index contributed by atoms with van der Waals surface area (Å²) >= 11 is 1.20. The first kappa shape index (κ1) is 17.1. The van der Waals surface area contributed by atoms with Crippen molar-refractivity contribution in [2.45, 2.75) is 6.54 Å². The Kier molecular flexibility index (Phi) is 5.84. The van der Waals surface area contributed by atoms with Crippen molar-refractivity contribution in [3.63, 3.8) is 0 Å². The number of nitrogens with one attached hydrogen (secondary N) is 1. The molecule has 5 nitrogen and oxygen atoms in total. The van der Waals surface area contributed by atoms with Gasteiger partial charge in [0.1, 0.15) is 10.7 Å². The quantitative estimate of drug-likeness (QED) is 0.824. The van der Waals surface area contributed by atoms with Crippen molar-refractivity contribution in [2.75, 3.05) is 26.0 Å². The Morgan fingerprint density at radius 1 is 1.35 bits per heavy atom. The van der Waals surface area contributed by atoms with Crippen LogP contribution in [0.5, 0.6) is 0 Å². The molecule has 0 aliphatic rings. The Labute approximate surface area is 137 Å². The van der Waals surface area contributed by atoms with Crippen molar-refractivity contribution in [1.29, 1.82) is 0 Å². The van der Waals surface area contributed by atoms with Crippen molar-refractivity contribution in [2.24, 2.45) is 0 Å². The molecule has 1 aromatic heterocycles. The predicted molar refractivity (Wildman–Crippen MR) is 87.0 cm³/mol. The van der Waals surface area contributed by atoms with Crippen LogP contribution in [0.15, 0.2) is 35.7 Å². The summed E-state index contributed by atoms with van der Waals surface area (Å²) in [5.74, 6) is -1.04. The van der Waals surface area contributed by atoms with Gasteiger partial charge in [0.15, 0.2) is 0 Å². The predicted octanol–water partition coefficient (Wildman–Crippen LogP) is 2.74. The largest absolute Gasteiger partial charge is 0.465 e. The molecule has 1 heterocycles. The van der Waals surface area contributed by atoms with Gasteiger partial charge in [-0.15, -0.1) is 11.3 Å². The van der Waals surface area contributed by atoms with Crippen LogP contribution in [0.2, 0.25) is 0 Å². The number of hydrogen-bond donors (Lipinski definition) is 1. The van der Waals surface area contributed by atoms with Gasteiger partial charge >= 0.3 is 5.97 Å². The smallest absolute Gasteiger partial charge is 0.350 e. The third-order valence-corrected chi connectivity index (χ3v) is 3.96. The summed E-state index contributed by atoms with van der Waals surface area (Å²) in [5, 5.41) is 4.40. The Balaban J connectivity index is 1.92. The number of carbonyl (C=O) groups is 2. The van der Waals surface area contributed by atoms with E-state index in [0.29, 0.717) is 17.1 Å². The minimum atomic E-state index is -0.483. The second-order valence-electron chi connectivity index (χ2n) is 5.01. The molecule has 0 saturated carbocycles. The number of rotatable bonds is 6. The number of carbonyl (C=O) groups excluding carboxylic acids is 2. The summed E-state index contributed by atoms with van der Waals surface area (Å²) in [6, 6.07) is 7.89. The zero-order chi connectivity index (χ0) is 16.8. The summed E-state index contributed by atoms with van der Waals surface area (Å²) in [6.45, 7) is 0.561. The van der Waals surface area contributed by atoms with Crippen LogP contribution >= 0.6 is 11.3 Å². The van der Waals surface area contributed by atoms with Gasteiger partial charge < -0.3 is 10.1 Å². The summed E-state index contributed by atoms with van der Waals surface area (Å²) in [4.78, 5) is 25.7. The molecule has 0 aliphatic heterocycles. The van der Waals surface area contributed by atoms with E-state index >= 15 is 0 Å². The molecule has 122 valence electrons. The zero-order valence-corrected chi connectivity index (χ0v) is 13.7. The van der Waals surface area contributed by atoms with Gasteiger partial charge in [0.2, 0.25) is 5.91 Å². The van der Waals surface area contributed by atoms with Crippen LogP contribution in [0.4, 0.5) is 10.1 Å². The van der Waals surface area contributed by atoms with E-state index in [4.69, 9.17) is 0 Å². The van der Waals surface area contributed by atoms with E-state index in [1.165, 1.54) is 30.6 Å². The van der Waals surface area contributed by atoms with Crippen molar-refractivity contribution < 1.29 is 18.7 Å². The van der Waals surface area contributed by atoms with Crippen LogP contribution in [0.25, 0.3) is 0 Å². The normalized spacial score (nSPS) is 10.6. The zero-order valence-electron chi connectivity index (χ0n) is 12.8. The van der Waals surface area contributed by atoms with Crippen LogP contribution in [0.3, 0.4) is 0 Å². The van der Waals surface area contributed by atoms with E-state index in [1.54, 1.807) is 35.5 Å². The maximum absolute atomic E-state index is 13.1. The molecule has 1 amide bonds. The molecule has 0 aliphatic carbocycles. The maximum Gasteiger partial charge on any atom is 0.350 e. The second kappa shape index (κ2) is 7.85. The van der Waals surface area contributed by atoms with Crippen LogP contribution < -0.4 is 5.32 Å². The fourth-order valence-electron chi connectivity index (χ4n) is 2.10. The molecule has 1 N–H and O–H groups in total. The SMILES string of the molecule is COC(=O)c1sccc1NC(=O)CN(C)Cc1cccc(F)c1. The van der Waals surface area contributed by atoms with Gasteiger partial charge in [0.25, 0.3) is 0 Å². The topological polar surface area (TPSA) is 58.6 Å². The highest BCUT2D eigenvalue weighted by Gasteiger charge is 2.16. The molecule has 0 fully saturated rings. The highest BCUT2D eigenvalue weighted by molar-refractivity contribution is 7.12. The molecule has 2 rings (SSSR count). The van der Waals surface area contributed by atoms with E-state index in [-0.39, 0.29) is 18.3 Å². The second-order valence-corrected chi connectivity index (χ2v) is 5.92. The summed E-state index contributed by atoms with van der Waals surface area (Å²) in [7, 11) is 3.06. The number of nitrogens with zero attached hydrogens (tertiary/aromatic N) is 1. The number of ether oxygens (including phenoxy) is 1. The van der Waals surface area contributed by atoms with E-state index in [0.717, 1.165) is 5.56 Å². The van der Waals surface area contributed by atoms with Crippen molar-refractivity contribution in [3.8, 4) is 0 Å². The molecular formula is C16H17FN2O3S. The van der Waals surface area contributed by atoms with E-state index in [2.05, 4.69) is 10.1 Å². The highest BCUT2D eigenvalue weighted by Crippen LogP contribution is 2.23. The van der Waals surface area contributed by atoms with Gasteiger partial charge in [-0.3, -0.25) is 9.69 Å². The summed E-state index contributed by atoms with van der Waals surface area (Å²) in [6.07, 6.45) is 0. The van der Waals surface area contributed by atoms with Crippen LogP contribution in [0.1, 0.15) is 15.2 Å². The van der Waals surface area contributed by atoms with Gasteiger partial charge in [-0.05, 0) is 36.2 Å². The number of anilines is 1. The number of likely N-dealkylation sites (N-methyl/N-ethyl adjacent to an activating group) is 1. The Bertz CT molecular complexity index is 702.